The molecule has 7 heteroatoms. The minimum Gasteiger partial charge on any atom is -0.462 e. The average Bonchev–Trinajstić information content (AvgIpc) is 2.43. The highest BCUT2D eigenvalue weighted by molar-refractivity contribution is 7.99. The van der Waals surface area contributed by atoms with E-state index in [1.807, 2.05) is 0 Å². The molecule has 1 aliphatic rings. The first kappa shape index (κ1) is 15.5. The van der Waals surface area contributed by atoms with Crippen LogP contribution in [0.5, 0.6) is 0 Å². The van der Waals surface area contributed by atoms with Crippen LogP contribution in [0.15, 0.2) is 16.1 Å². The van der Waals surface area contributed by atoms with Gasteiger partial charge >= 0.3 is 5.97 Å². The van der Waals surface area contributed by atoms with Gasteiger partial charge in [0, 0.05) is 22.6 Å². The molecule has 0 aliphatic carbocycles. The van der Waals surface area contributed by atoms with Crippen LogP contribution in [0.25, 0.3) is 0 Å². The van der Waals surface area contributed by atoms with Gasteiger partial charge in [-0.2, -0.15) is 0 Å². The van der Waals surface area contributed by atoms with E-state index in [-0.39, 0.29) is 12.2 Å². The van der Waals surface area contributed by atoms with Crippen molar-refractivity contribution in [3.05, 3.63) is 27.2 Å². The molecule has 0 saturated carbocycles. The second-order valence-corrected chi connectivity index (χ2v) is 5.85. The van der Waals surface area contributed by atoms with Gasteiger partial charge in [-0.25, -0.2) is 4.79 Å². The molecule has 20 heavy (non-hydrogen) atoms. The van der Waals surface area contributed by atoms with Crippen molar-refractivity contribution < 1.29 is 14.4 Å². The van der Waals surface area contributed by atoms with Crippen LogP contribution in [0, 0.1) is 0 Å². The third kappa shape index (κ3) is 2.90. The summed E-state index contributed by atoms with van der Waals surface area (Å²) in [6.07, 6.45) is 0.702. The first-order chi connectivity index (χ1) is 9.60. The Morgan fingerprint density at radius 3 is 2.90 bits per heavy atom. The number of fused-ring (bicyclic) bond motifs is 1. The van der Waals surface area contributed by atoms with E-state index in [9.17, 15) is 4.79 Å². The molecular formula is C13H13Cl2NO3S. The number of thioether (sulfide) groups is 1. The monoisotopic (exact) mass is 333 g/mol. The third-order valence-electron chi connectivity index (χ3n) is 2.74. The van der Waals surface area contributed by atoms with Crippen molar-refractivity contribution >= 4 is 46.6 Å². The topological polar surface area (TPSA) is 47.9 Å². The van der Waals surface area contributed by atoms with Gasteiger partial charge in [-0.15, -0.1) is 11.8 Å². The maximum Gasteiger partial charge on any atom is 0.339 e. The number of carbonyl (C=O) groups is 1. The van der Waals surface area contributed by atoms with Crippen LogP contribution in [-0.4, -0.2) is 31.2 Å². The van der Waals surface area contributed by atoms with E-state index in [2.05, 4.69) is 5.16 Å². The fourth-order valence-electron chi connectivity index (χ4n) is 1.94. The summed E-state index contributed by atoms with van der Waals surface area (Å²) in [5, 5.41) is 4.77. The van der Waals surface area contributed by atoms with Gasteiger partial charge in [-0.3, -0.25) is 0 Å². The normalized spacial score (nSPS) is 15.9. The summed E-state index contributed by atoms with van der Waals surface area (Å²) in [4.78, 5) is 17.6. The van der Waals surface area contributed by atoms with Gasteiger partial charge in [0.1, 0.15) is 7.11 Å². The zero-order valence-electron chi connectivity index (χ0n) is 11.0. The van der Waals surface area contributed by atoms with Crippen molar-refractivity contribution in [3.8, 4) is 0 Å². The highest BCUT2D eigenvalue weighted by atomic mass is 35.5. The van der Waals surface area contributed by atoms with E-state index in [1.54, 1.807) is 24.8 Å². The fraction of sp³-hybridized carbons (Fsp3) is 0.385. The Hall–Kier alpha value is -0.910. The molecule has 0 amide bonds. The number of nitrogens with zero attached hydrogens (tertiary/aromatic N) is 1. The minimum absolute atomic E-state index is 0.253. The van der Waals surface area contributed by atoms with Crippen molar-refractivity contribution in [2.24, 2.45) is 5.16 Å². The maximum absolute atomic E-state index is 11.9. The number of halogens is 2. The number of carbonyl (C=O) groups excluding carboxylic acids is 1. The Kier molecular flexibility index (Phi) is 5.18. The lowest BCUT2D eigenvalue weighted by Gasteiger charge is -2.21. The molecule has 0 atom stereocenters. The summed E-state index contributed by atoms with van der Waals surface area (Å²) in [6, 6.07) is 1.55. The number of oxime groups is 1. The zero-order chi connectivity index (χ0) is 14.7. The number of hydrogen-bond donors (Lipinski definition) is 0. The Morgan fingerprint density at radius 1 is 1.50 bits per heavy atom. The SMILES string of the molecule is CCOC(=O)c1cc(Cl)c2c(c1Cl)/C(=N/OC)CCS2. The summed E-state index contributed by atoms with van der Waals surface area (Å²) in [7, 11) is 1.47. The van der Waals surface area contributed by atoms with Crippen molar-refractivity contribution in [1.29, 1.82) is 0 Å². The van der Waals surface area contributed by atoms with Gasteiger partial charge in [0.2, 0.25) is 0 Å². The van der Waals surface area contributed by atoms with E-state index < -0.39 is 5.97 Å². The van der Waals surface area contributed by atoms with Crippen LogP contribution in [0.3, 0.4) is 0 Å². The first-order valence-electron chi connectivity index (χ1n) is 6.02. The molecule has 1 aliphatic heterocycles. The fourth-order valence-corrected chi connectivity index (χ4v) is 3.76. The second-order valence-electron chi connectivity index (χ2n) is 3.96. The van der Waals surface area contributed by atoms with Gasteiger partial charge < -0.3 is 9.57 Å². The number of esters is 1. The van der Waals surface area contributed by atoms with Gasteiger partial charge in [0.05, 0.1) is 27.9 Å². The van der Waals surface area contributed by atoms with E-state index >= 15 is 0 Å². The largest absolute Gasteiger partial charge is 0.462 e. The third-order valence-corrected chi connectivity index (χ3v) is 4.67. The van der Waals surface area contributed by atoms with Gasteiger partial charge in [-0.1, -0.05) is 28.4 Å². The molecule has 0 spiro atoms. The maximum atomic E-state index is 11.9. The van der Waals surface area contributed by atoms with Crippen molar-refractivity contribution in [3.63, 3.8) is 0 Å². The van der Waals surface area contributed by atoms with Crippen LogP contribution in [0.1, 0.15) is 29.3 Å². The molecule has 1 aromatic rings. The molecule has 0 fully saturated rings. The average molecular weight is 334 g/mol. The molecule has 0 unspecified atom stereocenters. The lowest BCUT2D eigenvalue weighted by atomic mass is 10.0. The first-order valence-corrected chi connectivity index (χ1v) is 7.76. The van der Waals surface area contributed by atoms with E-state index in [0.717, 1.165) is 10.6 Å². The van der Waals surface area contributed by atoms with E-state index in [4.69, 9.17) is 32.8 Å². The van der Waals surface area contributed by atoms with Crippen LogP contribution in [0.2, 0.25) is 10.0 Å². The quantitative estimate of drug-likeness (QED) is 0.619. The van der Waals surface area contributed by atoms with E-state index in [0.29, 0.717) is 27.7 Å². The molecule has 4 nitrogen and oxygen atoms in total. The molecule has 0 bridgehead atoms. The Morgan fingerprint density at radius 2 is 2.25 bits per heavy atom. The molecule has 0 saturated heterocycles. The predicted octanol–water partition coefficient (Wildman–Crippen LogP) is 4.02. The van der Waals surface area contributed by atoms with Crippen LogP contribution in [0.4, 0.5) is 0 Å². The molecule has 1 aromatic carbocycles. The highest BCUT2D eigenvalue weighted by Gasteiger charge is 2.27. The highest BCUT2D eigenvalue weighted by Crippen LogP contribution is 2.41. The molecule has 0 N–H and O–H groups in total. The van der Waals surface area contributed by atoms with Crippen molar-refractivity contribution in [1.82, 2.24) is 0 Å². The Balaban J connectivity index is 2.60. The Bertz CT molecular complexity index is 575. The number of benzene rings is 1. The lowest BCUT2D eigenvalue weighted by molar-refractivity contribution is 0.0526. The van der Waals surface area contributed by atoms with Crippen molar-refractivity contribution in [2.75, 3.05) is 19.5 Å². The molecule has 0 radical (unpaired) electrons. The van der Waals surface area contributed by atoms with Gasteiger partial charge in [0.25, 0.3) is 0 Å². The van der Waals surface area contributed by atoms with Crippen molar-refractivity contribution in [2.45, 2.75) is 18.2 Å². The predicted molar refractivity (Wildman–Crippen MR) is 81.3 cm³/mol. The summed E-state index contributed by atoms with van der Waals surface area (Å²) < 4.78 is 4.99. The number of ether oxygens (including phenoxy) is 1. The van der Waals surface area contributed by atoms with E-state index in [1.165, 1.54) is 7.11 Å². The zero-order valence-corrected chi connectivity index (χ0v) is 13.4. The summed E-state index contributed by atoms with van der Waals surface area (Å²) in [6.45, 7) is 2.01. The lowest BCUT2D eigenvalue weighted by Crippen LogP contribution is -2.15. The number of rotatable bonds is 3. The molecule has 2 rings (SSSR count). The van der Waals surface area contributed by atoms with Crippen LogP contribution in [-0.2, 0) is 9.57 Å². The van der Waals surface area contributed by atoms with Crippen LogP contribution >= 0.6 is 35.0 Å². The minimum atomic E-state index is -0.491. The standard InChI is InChI=1S/C13H13Cl2NO3S/c1-3-19-13(17)7-6-8(14)12-10(11(7)15)9(16-18-2)4-5-20-12/h6H,3-5H2,1-2H3/b16-9+. The molecular weight excluding hydrogens is 321 g/mol. The smallest absolute Gasteiger partial charge is 0.339 e. The molecule has 108 valence electrons. The summed E-state index contributed by atoms with van der Waals surface area (Å²) >= 11 is 14.2. The number of hydrogen-bond acceptors (Lipinski definition) is 5. The Labute approximate surface area is 131 Å². The summed E-state index contributed by atoms with van der Waals surface area (Å²) in [5.41, 5.74) is 1.61. The molecule has 0 aromatic heterocycles. The molecule has 1 heterocycles. The van der Waals surface area contributed by atoms with Crippen LogP contribution < -0.4 is 0 Å². The van der Waals surface area contributed by atoms with Gasteiger partial charge in [0.15, 0.2) is 0 Å². The second kappa shape index (κ2) is 6.70. The summed E-state index contributed by atoms with van der Waals surface area (Å²) in [5.74, 6) is 0.346. The van der Waals surface area contributed by atoms with Gasteiger partial charge in [-0.05, 0) is 13.0 Å².